The fourth-order valence-electron chi connectivity index (χ4n) is 2.22. The summed E-state index contributed by atoms with van der Waals surface area (Å²) < 4.78 is 12.8. The Bertz CT molecular complexity index is 399. The molecule has 1 saturated heterocycles. The molecular formula is C14H19FN2O. The fraction of sp³-hybridized carbons (Fsp3) is 0.500. The molecule has 1 aliphatic rings. The van der Waals surface area contributed by atoms with Crippen LogP contribution < -0.4 is 10.6 Å². The van der Waals surface area contributed by atoms with Gasteiger partial charge in [0, 0.05) is 0 Å². The molecular weight excluding hydrogens is 231 g/mol. The molecule has 2 atom stereocenters. The number of rotatable bonds is 3. The van der Waals surface area contributed by atoms with E-state index in [0.29, 0.717) is 0 Å². The highest BCUT2D eigenvalue weighted by molar-refractivity contribution is 5.82. The summed E-state index contributed by atoms with van der Waals surface area (Å²) in [4.78, 5) is 12.0. The Morgan fingerprint density at radius 1 is 1.39 bits per heavy atom. The minimum atomic E-state index is -0.258. The van der Waals surface area contributed by atoms with Crippen LogP contribution in [-0.2, 0) is 4.79 Å². The Kier molecular flexibility index (Phi) is 4.31. The number of carbonyl (C=O) groups excluding carboxylic acids is 1. The Labute approximate surface area is 107 Å². The van der Waals surface area contributed by atoms with Gasteiger partial charge in [-0.1, -0.05) is 18.6 Å². The van der Waals surface area contributed by atoms with Gasteiger partial charge in [0.15, 0.2) is 0 Å². The average Bonchev–Trinajstić information content (AvgIpc) is 2.40. The van der Waals surface area contributed by atoms with Crippen molar-refractivity contribution in [2.45, 2.75) is 38.3 Å². The summed E-state index contributed by atoms with van der Waals surface area (Å²) in [6, 6.07) is 6.06. The van der Waals surface area contributed by atoms with Crippen LogP contribution in [0.2, 0.25) is 0 Å². The number of nitrogens with one attached hydrogen (secondary N) is 2. The normalized spacial score (nSPS) is 21.3. The van der Waals surface area contributed by atoms with Gasteiger partial charge in [-0.15, -0.1) is 0 Å². The minimum Gasteiger partial charge on any atom is -0.348 e. The zero-order valence-electron chi connectivity index (χ0n) is 10.6. The van der Waals surface area contributed by atoms with E-state index in [1.165, 1.54) is 12.1 Å². The lowest BCUT2D eigenvalue weighted by Gasteiger charge is -2.24. The van der Waals surface area contributed by atoms with Gasteiger partial charge in [-0.2, -0.15) is 0 Å². The molecule has 2 rings (SSSR count). The topological polar surface area (TPSA) is 41.1 Å². The van der Waals surface area contributed by atoms with Crippen LogP contribution in [0.1, 0.15) is 37.8 Å². The van der Waals surface area contributed by atoms with Crippen LogP contribution in [0.25, 0.3) is 0 Å². The van der Waals surface area contributed by atoms with Crippen LogP contribution >= 0.6 is 0 Å². The lowest BCUT2D eigenvalue weighted by atomic mass is 10.0. The number of hydrogen-bond donors (Lipinski definition) is 2. The van der Waals surface area contributed by atoms with E-state index in [1.807, 2.05) is 6.92 Å². The van der Waals surface area contributed by atoms with Gasteiger partial charge in [-0.3, -0.25) is 4.79 Å². The van der Waals surface area contributed by atoms with Crippen molar-refractivity contribution in [3.63, 3.8) is 0 Å². The zero-order chi connectivity index (χ0) is 13.0. The van der Waals surface area contributed by atoms with E-state index in [0.717, 1.165) is 31.4 Å². The highest BCUT2D eigenvalue weighted by atomic mass is 19.1. The largest absolute Gasteiger partial charge is 0.348 e. The maximum absolute atomic E-state index is 12.8. The molecule has 4 heteroatoms. The van der Waals surface area contributed by atoms with Gasteiger partial charge in [-0.05, 0) is 44.0 Å². The number of benzene rings is 1. The number of carbonyl (C=O) groups is 1. The molecule has 1 heterocycles. The fourth-order valence-corrected chi connectivity index (χ4v) is 2.22. The number of hydrogen-bond acceptors (Lipinski definition) is 2. The summed E-state index contributed by atoms with van der Waals surface area (Å²) >= 11 is 0. The molecule has 3 nitrogen and oxygen atoms in total. The molecule has 0 aliphatic carbocycles. The third-order valence-electron chi connectivity index (χ3n) is 3.36. The molecule has 0 bridgehead atoms. The van der Waals surface area contributed by atoms with E-state index in [2.05, 4.69) is 10.6 Å². The maximum atomic E-state index is 12.8. The number of amides is 1. The first-order valence-electron chi connectivity index (χ1n) is 6.46. The molecule has 0 unspecified atom stereocenters. The zero-order valence-corrected chi connectivity index (χ0v) is 10.6. The molecule has 0 aromatic heterocycles. The quantitative estimate of drug-likeness (QED) is 0.863. The Hall–Kier alpha value is -1.42. The Balaban J connectivity index is 1.91. The second-order valence-electron chi connectivity index (χ2n) is 4.78. The summed E-state index contributed by atoms with van der Waals surface area (Å²) in [6.45, 7) is 2.82. The first kappa shape index (κ1) is 13.0. The Morgan fingerprint density at radius 2 is 2.11 bits per heavy atom. The predicted molar refractivity (Wildman–Crippen MR) is 68.6 cm³/mol. The summed E-state index contributed by atoms with van der Waals surface area (Å²) in [5.41, 5.74) is 0.917. The van der Waals surface area contributed by atoms with Crippen LogP contribution in [0.4, 0.5) is 4.39 Å². The van der Waals surface area contributed by atoms with Crippen molar-refractivity contribution in [2.75, 3.05) is 6.54 Å². The van der Waals surface area contributed by atoms with Crippen molar-refractivity contribution < 1.29 is 9.18 Å². The van der Waals surface area contributed by atoms with E-state index in [1.54, 1.807) is 12.1 Å². The highest BCUT2D eigenvalue weighted by Crippen LogP contribution is 2.14. The SMILES string of the molecule is C[C@H](NC(=O)[C@H]1CCCCN1)c1ccc(F)cc1. The molecule has 0 spiro atoms. The van der Waals surface area contributed by atoms with Gasteiger partial charge >= 0.3 is 0 Å². The third-order valence-corrected chi connectivity index (χ3v) is 3.36. The Morgan fingerprint density at radius 3 is 2.72 bits per heavy atom. The molecule has 1 fully saturated rings. The molecule has 0 saturated carbocycles. The van der Waals surface area contributed by atoms with E-state index in [4.69, 9.17) is 0 Å². The summed E-state index contributed by atoms with van der Waals surface area (Å²) in [5, 5.41) is 6.17. The monoisotopic (exact) mass is 250 g/mol. The first-order chi connectivity index (χ1) is 8.66. The second-order valence-corrected chi connectivity index (χ2v) is 4.78. The van der Waals surface area contributed by atoms with Crippen molar-refractivity contribution >= 4 is 5.91 Å². The first-order valence-corrected chi connectivity index (χ1v) is 6.46. The van der Waals surface area contributed by atoms with Crippen molar-refractivity contribution in [3.05, 3.63) is 35.6 Å². The molecule has 0 radical (unpaired) electrons. The summed E-state index contributed by atoms with van der Waals surface area (Å²) in [6.07, 6.45) is 3.12. The third kappa shape index (κ3) is 3.29. The maximum Gasteiger partial charge on any atom is 0.237 e. The molecule has 1 aromatic rings. The van der Waals surface area contributed by atoms with Gasteiger partial charge in [0.05, 0.1) is 12.1 Å². The average molecular weight is 250 g/mol. The van der Waals surface area contributed by atoms with Crippen LogP contribution in [0.5, 0.6) is 0 Å². The highest BCUT2D eigenvalue weighted by Gasteiger charge is 2.21. The second kappa shape index (κ2) is 5.96. The lowest BCUT2D eigenvalue weighted by Crippen LogP contribution is -2.47. The smallest absolute Gasteiger partial charge is 0.237 e. The van der Waals surface area contributed by atoms with Crippen LogP contribution in [-0.4, -0.2) is 18.5 Å². The molecule has 1 aliphatic heterocycles. The van der Waals surface area contributed by atoms with Crippen LogP contribution in [0.15, 0.2) is 24.3 Å². The predicted octanol–water partition coefficient (Wildman–Crippen LogP) is 2.14. The molecule has 2 N–H and O–H groups in total. The van der Waals surface area contributed by atoms with Crippen molar-refractivity contribution in [2.24, 2.45) is 0 Å². The molecule has 98 valence electrons. The van der Waals surface area contributed by atoms with E-state index in [-0.39, 0.29) is 23.8 Å². The lowest BCUT2D eigenvalue weighted by molar-refractivity contribution is -0.124. The van der Waals surface area contributed by atoms with Gasteiger partial charge in [-0.25, -0.2) is 4.39 Å². The summed E-state index contributed by atoms with van der Waals surface area (Å²) in [7, 11) is 0. The van der Waals surface area contributed by atoms with Crippen molar-refractivity contribution in [1.82, 2.24) is 10.6 Å². The van der Waals surface area contributed by atoms with Gasteiger partial charge < -0.3 is 10.6 Å². The van der Waals surface area contributed by atoms with Crippen molar-refractivity contribution in [1.29, 1.82) is 0 Å². The standard InChI is InChI=1S/C14H19FN2O/c1-10(11-5-7-12(15)8-6-11)17-14(18)13-4-2-3-9-16-13/h5-8,10,13,16H,2-4,9H2,1H3,(H,17,18)/t10-,13+/m0/s1. The number of piperidine rings is 1. The van der Waals surface area contributed by atoms with Crippen LogP contribution in [0.3, 0.4) is 0 Å². The minimum absolute atomic E-state index is 0.0338. The van der Waals surface area contributed by atoms with Crippen molar-refractivity contribution in [3.8, 4) is 0 Å². The van der Waals surface area contributed by atoms with E-state index in [9.17, 15) is 9.18 Å². The number of halogens is 1. The molecule has 1 amide bonds. The van der Waals surface area contributed by atoms with Gasteiger partial charge in [0.2, 0.25) is 5.91 Å². The molecule has 18 heavy (non-hydrogen) atoms. The van der Waals surface area contributed by atoms with E-state index >= 15 is 0 Å². The van der Waals surface area contributed by atoms with Crippen LogP contribution in [0, 0.1) is 5.82 Å². The van der Waals surface area contributed by atoms with Gasteiger partial charge in [0.1, 0.15) is 5.82 Å². The van der Waals surface area contributed by atoms with Gasteiger partial charge in [0.25, 0.3) is 0 Å². The summed E-state index contributed by atoms with van der Waals surface area (Å²) in [5.74, 6) is -0.224. The molecule has 1 aromatic carbocycles. The van der Waals surface area contributed by atoms with E-state index < -0.39 is 0 Å².